The Labute approximate surface area is 243 Å². The minimum absolute atomic E-state index is 1.16. The monoisotopic (exact) mass is 534 g/mol. The van der Waals surface area contributed by atoms with Crippen LogP contribution in [0.4, 0.5) is 0 Å². The fourth-order valence-electron chi connectivity index (χ4n) is 6.94. The topological polar surface area (TPSA) is 9.86 Å². The van der Waals surface area contributed by atoms with Crippen molar-refractivity contribution < 1.29 is 0 Å². The number of nitrogens with zero attached hydrogens (tertiary/aromatic N) is 2. The Morgan fingerprint density at radius 1 is 0.286 bits per heavy atom. The standard InChI is InChI=1S/C40H26N2/c1-3-13-27(14-4-1)28-23-25-30(26-24-28)42-35-21-11-9-19-33(35)37-31-17-7-8-18-32(31)39-38(40(37)42)34-20-10-12-22-36(34)41(39)29-15-5-2-6-16-29/h1-26H. The van der Waals surface area contributed by atoms with E-state index < -0.39 is 0 Å². The summed E-state index contributed by atoms with van der Waals surface area (Å²) in [4.78, 5) is 0. The smallest absolute Gasteiger partial charge is 0.0647 e. The number of hydrogen-bond donors (Lipinski definition) is 0. The molecule has 0 saturated heterocycles. The molecule has 9 aromatic rings. The Bertz CT molecular complexity index is 2430. The number of fused-ring (bicyclic) bond motifs is 10. The van der Waals surface area contributed by atoms with Crippen molar-refractivity contribution in [2.45, 2.75) is 0 Å². The lowest BCUT2D eigenvalue weighted by Crippen LogP contribution is -1.96. The van der Waals surface area contributed by atoms with Crippen LogP contribution in [0.1, 0.15) is 0 Å². The van der Waals surface area contributed by atoms with Gasteiger partial charge in [-0.15, -0.1) is 0 Å². The second-order valence-corrected chi connectivity index (χ2v) is 10.9. The summed E-state index contributed by atoms with van der Waals surface area (Å²) in [5.41, 5.74) is 9.71. The highest BCUT2D eigenvalue weighted by Crippen LogP contribution is 2.46. The van der Waals surface area contributed by atoms with Crippen LogP contribution < -0.4 is 0 Å². The molecule has 0 unspecified atom stereocenters. The molecule has 2 nitrogen and oxygen atoms in total. The summed E-state index contributed by atoms with van der Waals surface area (Å²) in [6, 6.07) is 57.0. The summed E-state index contributed by atoms with van der Waals surface area (Å²) < 4.78 is 4.93. The van der Waals surface area contributed by atoms with Crippen molar-refractivity contribution in [2.75, 3.05) is 0 Å². The van der Waals surface area contributed by atoms with E-state index in [1.807, 2.05) is 0 Å². The molecular weight excluding hydrogens is 508 g/mol. The van der Waals surface area contributed by atoms with Gasteiger partial charge in [0.05, 0.1) is 22.1 Å². The highest BCUT2D eigenvalue weighted by molar-refractivity contribution is 6.36. The number of benzene rings is 7. The second-order valence-electron chi connectivity index (χ2n) is 10.9. The predicted molar refractivity (Wildman–Crippen MR) is 178 cm³/mol. The van der Waals surface area contributed by atoms with Crippen molar-refractivity contribution in [3.8, 4) is 22.5 Å². The van der Waals surface area contributed by atoms with Gasteiger partial charge in [-0.05, 0) is 52.9 Å². The van der Waals surface area contributed by atoms with E-state index in [0.717, 1.165) is 5.69 Å². The molecule has 0 amide bonds. The molecule has 0 N–H and O–H groups in total. The third-order valence-electron chi connectivity index (χ3n) is 8.68. The predicted octanol–water partition coefficient (Wildman–Crippen LogP) is 10.7. The highest BCUT2D eigenvalue weighted by Gasteiger charge is 2.24. The van der Waals surface area contributed by atoms with E-state index in [2.05, 4.69) is 167 Å². The van der Waals surface area contributed by atoms with Crippen molar-refractivity contribution in [3.63, 3.8) is 0 Å². The molecule has 0 aliphatic rings. The Morgan fingerprint density at radius 3 is 1.40 bits per heavy atom. The molecule has 0 saturated carbocycles. The molecule has 0 radical (unpaired) electrons. The first kappa shape index (κ1) is 23.1. The summed E-state index contributed by atoms with van der Waals surface area (Å²) >= 11 is 0. The normalized spacial score (nSPS) is 11.8. The van der Waals surface area contributed by atoms with Crippen molar-refractivity contribution in [1.29, 1.82) is 0 Å². The van der Waals surface area contributed by atoms with Gasteiger partial charge < -0.3 is 9.13 Å². The second kappa shape index (κ2) is 8.95. The molecule has 0 bridgehead atoms. The zero-order valence-corrected chi connectivity index (χ0v) is 22.9. The van der Waals surface area contributed by atoms with E-state index in [1.54, 1.807) is 0 Å². The zero-order valence-electron chi connectivity index (χ0n) is 22.9. The maximum atomic E-state index is 2.48. The molecule has 0 aliphatic carbocycles. The fourth-order valence-corrected chi connectivity index (χ4v) is 6.94. The van der Waals surface area contributed by atoms with Gasteiger partial charge in [0.25, 0.3) is 0 Å². The number of hydrogen-bond acceptors (Lipinski definition) is 0. The zero-order chi connectivity index (χ0) is 27.6. The van der Waals surface area contributed by atoms with Gasteiger partial charge >= 0.3 is 0 Å². The van der Waals surface area contributed by atoms with Gasteiger partial charge in [-0.3, -0.25) is 0 Å². The van der Waals surface area contributed by atoms with Crippen molar-refractivity contribution in [1.82, 2.24) is 9.13 Å². The molecule has 0 spiro atoms. The van der Waals surface area contributed by atoms with Gasteiger partial charge in [0.2, 0.25) is 0 Å². The van der Waals surface area contributed by atoms with Crippen LogP contribution >= 0.6 is 0 Å². The van der Waals surface area contributed by atoms with Crippen LogP contribution in [0.25, 0.3) is 76.9 Å². The Balaban J connectivity index is 1.51. The van der Waals surface area contributed by atoms with Crippen LogP contribution in [-0.2, 0) is 0 Å². The third-order valence-corrected chi connectivity index (χ3v) is 8.68. The van der Waals surface area contributed by atoms with E-state index in [-0.39, 0.29) is 0 Å². The van der Waals surface area contributed by atoms with E-state index >= 15 is 0 Å². The summed E-state index contributed by atoms with van der Waals surface area (Å²) in [7, 11) is 0. The highest BCUT2D eigenvalue weighted by atomic mass is 15.0. The van der Waals surface area contributed by atoms with Gasteiger partial charge in [0, 0.05) is 38.3 Å². The van der Waals surface area contributed by atoms with E-state index in [1.165, 1.54) is 71.2 Å². The Hall–Kier alpha value is -5.60. The molecule has 196 valence electrons. The SMILES string of the molecule is c1ccc(-c2ccc(-n3c4ccccc4c4c5ccccc5c5c(c6ccccc6n5-c5ccccc5)c43)cc2)cc1. The molecule has 2 aromatic heterocycles. The summed E-state index contributed by atoms with van der Waals surface area (Å²) in [6.07, 6.45) is 0. The molecule has 7 aromatic carbocycles. The molecule has 0 aliphatic heterocycles. The largest absolute Gasteiger partial charge is 0.309 e. The van der Waals surface area contributed by atoms with Gasteiger partial charge in [0.1, 0.15) is 0 Å². The van der Waals surface area contributed by atoms with Crippen molar-refractivity contribution in [3.05, 3.63) is 158 Å². The quantitative estimate of drug-likeness (QED) is 0.213. The lowest BCUT2D eigenvalue weighted by molar-refractivity contribution is 1.18. The van der Waals surface area contributed by atoms with Gasteiger partial charge in [-0.2, -0.15) is 0 Å². The molecule has 42 heavy (non-hydrogen) atoms. The lowest BCUT2D eigenvalue weighted by Gasteiger charge is -2.13. The average molecular weight is 535 g/mol. The fraction of sp³-hybridized carbons (Fsp3) is 0. The summed E-state index contributed by atoms with van der Waals surface area (Å²) in [5.74, 6) is 0. The first-order chi connectivity index (χ1) is 20.9. The van der Waals surface area contributed by atoms with Crippen LogP contribution in [0.2, 0.25) is 0 Å². The molecular formula is C40H26N2. The third kappa shape index (κ3) is 3.21. The lowest BCUT2D eigenvalue weighted by atomic mass is 9.99. The minimum atomic E-state index is 1.16. The maximum absolute atomic E-state index is 2.48. The molecule has 2 heterocycles. The Morgan fingerprint density at radius 2 is 0.738 bits per heavy atom. The summed E-state index contributed by atoms with van der Waals surface area (Å²) in [6.45, 7) is 0. The maximum Gasteiger partial charge on any atom is 0.0647 e. The van der Waals surface area contributed by atoms with Crippen LogP contribution in [0.15, 0.2) is 158 Å². The van der Waals surface area contributed by atoms with Crippen LogP contribution in [0.5, 0.6) is 0 Å². The number of para-hydroxylation sites is 3. The number of aromatic nitrogens is 2. The van der Waals surface area contributed by atoms with Gasteiger partial charge in [-0.1, -0.05) is 121 Å². The molecule has 2 heteroatoms. The first-order valence-electron chi connectivity index (χ1n) is 14.5. The average Bonchev–Trinajstić information content (AvgIpc) is 3.60. The van der Waals surface area contributed by atoms with E-state index in [4.69, 9.17) is 0 Å². The number of rotatable bonds is 3. The first-order valence-corrected chi connectivity index (χ1v) is 14.5. The molecule has 9 rings (SSSR count). The van der Waals surface area contributed by atoms with E-state index in [9.17, 15) is 0 Å². The van der Waals surface area contributed by atoms with Crippen molar-refractivity contribution in [2.24, 2.45) is 0 Å². The van der Waals surface area contributed by atoms with Gasteiger partial charge in [-0.25, -0.2) is 0 Å². The molecule has 0 atom stereocenters. The van der Waals surface area contributed by atoms with Crippen LogP contribution in [0, 0.1) is 0 Å². The van der Waals surface area contributed by atoms with Crippen LogP contribution in [-0.4, -0.2) is 9.13 Å². The van der Waals surface area contributed by atoms with Gasteiger partial charge in [0.15, 0.2) is 0 Å². The van der Waals surface area contributed by atoms with Crippen molar-refractivity contribution >= 4 is 54.4 Å². The molecule has 0 fully saturated rings. The van der Waals surface area contributed by atoms with E-state index in [0.29, 0.717) is 0 Å². The van der Waals surface area contributed by atoms with Crippen LogP contribution in [0.3, 0.4) is 0 Å². The summed E-state index contributed by atoms with van der Waals surface area (Å²) in [5, 5.41) is 7.66. The Kier molecular flexibility index (Phi) is 4.93. The minimum Gasteiger partial charge on any atom is -0.309 e.